The first-order valence-corrected chi connectivity index (χ1v) is 6.92. The molecule has 4 rings (SSSR count). The van der Waals surface area contributed by atoms with Crippen LogP contribution in [-0.4, -0.2) is 18.0 Å². The molecule has 2 heteroatoms. The topological polar surface area (TPSA) is 18.5 Å². The Labute approximate surface area is 103 Å². The van der Waals surface area contributed by atoms with Crippen LogP contribution in [0.25, 0.3) is 0 Å². The van der Waals surface area contributed by atoms with Crippen molar-refractivity contribution in [3.05, 3.63) is 11.6 Å². The normalized spacial score (nSPS) is 58.1. The van der Waals surface area contributed by atoms with E-state index in [0.717, 1.165) is 6.42 Å². The molecule has 0 N–H and O–H groups in total. The van der Waals surface area contributed by atoms with Crippen molar-refractivity contribution in [1.29, 1.82) is 0 Å². The second-order valence-corrected chi connectivity index (χ2v) is 7.27. The van der Waals surface area contributed by atoms with Crippen LogP contribution in [0, 0.1) is 16.7 Å². The van der Waals surface area contributed by atoms with Gasteiger partial charge in [-0.05, 0) is 31.6 Å². The lowest BCUT2D eigenvalue weighted by atomic mass is 9.47. The van der Waals surface area contributed by atoms with E-state index in [-0.39, 0.29) is 22.7 Å². The molecule has 2 saturated heterocycles. The zero-order chi connectivity index (χ0) is 12.1. The molecule has 94 valence electrons. The Morgan fingerprint density at radius 1 is 1.29 bits per heavy atom. The number of ether oxygens (including phenoxy) is 2. The van der Waals surface area contributed by atoms with Crippen molar-refractivity contribution in [3.63, 3.8) is 0 Å². The van der Waals surface area contributed by atoms with Gasteiger partial charge in [-0.1, -0.05) is 32.4 Å². The van der Waals surface area contributed by atoms with Gasteiger partial charge in [0.2, 0.25) is 0 Å². The van der Waals surface area contributed by atoms with Crippen LogP contribution in [0.4, 0.5) is 0 Å². The minimum absolute atomic E-state index is 0.0238. The molecule has 0 aromatic heterocycles. The van der Waals surface area contributed by atoms with Gasteiger partial charge in [0.25, 0.3) is 0 Å². The third-order valence-electron chi connectivity index (χ3n) is 6.40. The van der Waals surface area contributed by atoms with Crippen LogP contribution in [-0.2, 0) is 9.47 Å². The molecule has 0 unspecified atom stereocenters. The monoisotopic (exact) mass is 234 g/mol. The first kappa shape index (κ1) is 10.6. The van der Waals surface area contributed by atoms with Crippen molar-refractivity contribution in [2.75, 3.05) is 0 Å². The predicted octanol–water partition coefficient (Wildman–Crippen LogP) is 3.27. The zero-order valence-electron chi connectivity index (χ0n) is 11.2. The Kier molecular flexibility index (Phi) is 1.65. The third kappa shape index (κ3) is 0.849. The summed E-state index contributed by atoms with van der Waals surface area (Å²) in [6.07, 6.45) is 6.36. The third-order valence-corrected chi connectivity index (χ3v) is 6.40. The molecular formula is C15H22O2. The standard InChI is InChI=1S/C15H22O2/c1-9-5-8-15-13(2,3)7-6-10-14(15,4)11(9)12(16-10)17-15/h5,10-12H,6-8H2,1-4H3/t10-,11-,12+,14+,15-/m0/s1. The van der Waals surface area contributed by atoms with Crippen molar-refractivity contribution in [2.45, 2.75) is 65.0 Å². The number of hydrogen-bond donors (Lipinski definition) is 0. The van der Waals surface area contributed by atoms with Crippen molar-refractivity contribution in [1.82, 2.24) is 0 Å². The largest absolute Gasteiger partial charge is 0.348 e. The molecule has 4 aliphatic rings. The van der Waals surface area contributed by atoms with E-state index in [2.05, 4.69) is 33.8 Å². The molecule has 4 bridgehead atoms. The predicted molar refractivity (Wildman–Crippen MR) is 65.5 cm³/mol. The van der Waals surface area contributed by atoms with Crippen molar-refractivity contribution < 1.29 is 9.47 Å². The second-order valence-electron chi connectivity index (χ2n) is 7.27. The summed E-state index contributed by atoms with van der Waals surface area (Å²) in [5.41, 5.74) is 1.99. The molecule has 3 fully saturated rings. The summed E-state index contributed by atoms with van der Waals surface area (Å²) in [5.74, 6) is 0.501. The minimum Gasteiger partial charge on any atom is -0.348 e. The highest BCUT2D eigenvalue weighted by atomic mass is 16.7. The summed E-state index contributed by atoms with van der Waals surface area (Å²) in [6.45, 7) is 9.46. The average molecular weight is 234 g/mol. The van der Waals surface area contributed by atoms with Crippen LogP contribution in [0.2, 0.25) is 0 Å². The van der Waals surface area contributed by atoms with Gasteiger partial charge < -0.3 is 9.47 Å². The molecule has 0 radical (unpaired) electrons. The molecule has 17 heavy (non-hydrogen) atoms. The van der Waals surface area contributed by atoms with Gasteiger partial charge in [-0.3, -0.25) is 0 Å². The fourth-order valence-corrected chi connectivity index (χ4v) is 5.41. The van der Waals surface area contributed by atoms with Gasteiger partial charge in [-0.2, -0.15) is 0 Å². The fourth-order valence-electron chi connectivity index (χ4n) is 5.41. The lowest BCUT2D eigenvalue weighted by Gasteiger charge is -2.61. The maximum atomic E-state index is 6.46. The van der Waals surface area contributed by atoms with E-state index in [0.29, 0.717) is 12.0 Å². The van der Waals surface area contributed by atoms with Gasteiger partial charge in [0.15, 0.2) is 6.29 Å². The van der Waals surface area contributed by atoms with E-state index in [1.807, 2.05) is 0 Å². The maximum Gasteiger partial charge on any atom is 0.165 e. The molecule has 0 spiro atoms. The molecule has 2 aliphatic carbocycles. The molecule has 2 nitrogen and oxygen atoms in total. The number of rotatable bonds is 0. The lowest BCUT2D eigenvalue weighted by molar-refractivity contribution is -0.310. The first-order chi connectivity index (χ1) is 7.92. The summed E-state index contributed by atoms with van der Waals surface area (Å²) in [6, 6.07) is 0. The van der Waals surface area contributed by atoms with Crippen molar-refractivity contribution in [3.8, 4) is 0 Å². The Balaban J connectivity index is 1.98. The Morgan fingerprint density at radius 3 is 2.82 bits per heavy atom. The Morgan fingerprint density at radius 2 is 2.06 bits per heavy atom. The van der Waals surface area contributed by atoms with Crippen LogP contribution in [0.3, 0.4) is 0 Å². The molecule has 0 amide bonds. The fraction of sp³-hybridized carbons (Fsp3) is 0.867. The Bertz CT molecular complexity index is 425. The summed E-state index contributed by atoms with van der Waals surface area (Å²) in [7, 11) is 0. The second kappa shape index (κ2) is 2.65. The molecule has 0 aromatic rings. The lowest BCUT2D eigenvalue weighted by Crippen LogP contribution is -2.65. The van der Waals surface area contributed by atoms with Crippen molar-refractivity contribution >= 4 is 0 Å². The zero-order valence-corrected chi connectivity index (χ0v) is 11.2. The van der Waals surface area contributed by atoms with Gasteiger partial charge >= 0.3 is 0 Å². The highest BCUT2D eigenvalue weighted by molar-refractivity contribution is 5.33. The molecule has 0 aromatic carbocycles. The molecule has 5 atom stereocenters. The van der Waals surface area contributed by atoms with Crippen molar-refractivity contribution in [2.24, 2.45) is 16.7 Å². The smallest absolute Gasteiger partial charge is 0.165 e. The van der Waals surface area contributed by atoms with E-state index in [4.69, 9.17) is 9.47 Å². The SMILES string of the molecule is CC1=CC[C@]23O[C@H]4O[C@@H](CCC2(C)C)[C@]3(C)[C@@H]14. The van der Waals surface area contributed by atoms with Crippen LogP contribution in [0.1, 0.15) is 47.0 Å². The molecule has 1 saturated carbocycles. The summed E-state index contributed by atoms with van der Waals surface area (Å²) < 4.78 is 12.6. The van der Waals surface area contributed by atoms with Gasteiger partial charge in [0.1, 0.15) is 0 Å². The quantitative estimate of drug-likeness (QED) is 0.599. The molecule has 2 aliphatic heterocycles. The Hall–Kier alpha value is -0.340. The highest BCUT2D eigenvalue weighted by Gasteiger charge is 2.78. The maximum absolute atomic E-state index is 6.46. The van der Waals surface area contributed by atoms with Gasteiger partial charge in [0, 0.05) is 11.3 Å². The summed E-state index contributed by atoms with van der Waals surface area (Å²) in [4.78, 5) is 0. The molecule has 2 heterocycles. The summed E-state index contributed by atoms with van der Waals surface area (Å²) >= 11 is 0. The van der Waals surface area contributed by atoms with Gasteiger partial charge in [0.05, 0.1) is 11.7 Å². The highest BCUT2D eigenvalue weighted by Crippen LogP contribution is 2.73. The van der Waals surface area contributed by atoms with Crippen LogP contribution >= 0.6 is 0 Å². The van der Waals surface area contributed by atoms with Gasteiger partial charge in [-0.15, -0.1) is 0 Å². The molecular weight excluding hydrogens is 212 g/mol. The van der Waals surface area contributed by atoms with Crippen LogP contribution in [0.15, 0.2) is 11.6 Å². The first-order valence-electron chi connectivity index (χ1n) is 6.92. The average Bonchev–Trinajstić information content (AvgIpc) is 2.60. The van der Waals surface area contributed by atoms with E-state index in [1.165, 1.54) is 18.4 Å². The van der Waals surface area contributed by atoms with E-state index >= 15 is 0 Å². The van der Waals surface area contributed by atoms with E-state index in [1.54, 1.807) is 0 Å². The van der Waals surface area contributed by atoms with E-state index < -0.39 is 0 Å². The van der Waals surface area contributed by atoms with E-state index in [9.17, 15) is 0 Å². The summed E-state index contributed by atoms with van der Waals surface area (Å²) in [5, 5.41) is 0. The number of hydrogen-bond acceptors (Lipinski definition) is 2. The van der Waals surface area contributed by atoms with Crippen LogP contribution in [0.5, 0.6) is 0 Å². The minimum atomic E-state index is 0.0238. The van der Waals surface area contributed by atoms with Gasteiger partial charge in [-0.25, -0.2) is 0 Å². The van der Waals surface area contributed by atoms with Crippen LogP contribution < -0.4 is 0 Å².